The topological polar surface area (TPSA) is 9.23 Å². The molecule has 0 saturated carbocycles. The molecule has 0 amide bonds. The molecular weight excluding hydrogens is 196 g/mol. The van der Waals surface area contributed by atoms with Gasteiger partial charge >= 0.3 is 0 Å². The van der Waals surface area contributed by atoms with E-state index in [1.807, 2.05) is 18.2 Å². The van der Waals surface area contributed by atoms with Crippen molar-refractivity contribution in [1.29, 1.82) is 0 Å². The summed E-state index contributed by atoms with van der Waals surface area (Å²) in [6, 6.07) is 10.2. The van der Waals surface area contributed by atoms with Gasteiger partial charge in [-0.05, 0) is 17.9 Å². The van der Waals surface area contributed by atoms with Gasteiger partial charge in [0.25, 0.3) is 0 Å². The maximum Gasteiger partial charge on any atom is 0.0717 e. The van der Waals surface area contributed by atoms with E-state index in [1.54, 1.807) is 0 Å². The van der Waals surface area contributed by atoms with Gasteiger partial charge < -0.3 is 4.74 Å². The molecule has 78 valence electrons. The Morgan fingerprint density at radius 3 is 2.57 bits per heavy atom. The van der Waals surface area contributed by atoms with Gasteiger partial charge in [0.1, 0.15) is 0 Å². The number of benzene rings is 1. The van der Waals surface area contributed by atoms with Crippen molar-refractivity contribution in [2.75, 3.05) is 12.5 Å². The number of ether oxygens (including phenoxy) is 1. The van der Waals surface area contributed by atoms with Crippen LogP contribution in [0, 0.1) is 5.92 Å². The van der Waals surface area contributed by atoms with Gasteiger partial charge in [0.15, 0.2) is 0 Å². The van der Waals surface area contributed by atoms with Crippen LogP contribution >= 0.6 is 11.6 Å². The van der Waals surface area contributed by atoms with Crippen molar-refractivity contribution >= 4 is 11.6 Å². The summed E-state index contributed by atoms with van der Waals surface area (Å²) in [6.45, 7) is 3.59. The molecule has 1 aromatic carbocycles. The second-order valence-electron chi connectivity index (χ2n) is 3.43. The van der Waals surface area contributed by atoms with Crippen LogP contribution < -0.4 is 0 Å². The number of alkyl halides is 1. The summed E-state index contributed by atoms with van der Waals surface area (Å²) in [7, 11) is 0. The molecule has 0 radical (unpaired) electrons. The summed E-state index contributed by atoms with van der Waals surface area (Å²) >= 11 is 5.77. The van der Waals surface area contributed by atoms with Crippen molar-refractivity contribution in [3.63, 3.8) is 0 Å². The zero-order chi connectivity index (χ0) is 10.2. The predicted molar refractivity (Wildman–Crippen MR) is 60.6 cm³/mol. The van der Waals surface area contributed by atoms with Gasteiger partial charge in [0.2, 0.25) is 0 Å². The van der Waals surface area contributed by atoms with Gasteiger partial charge in [-0.3, -0.25) is 0 Å². The molecule has 0 heterocycles. The lowest BCUT2D eigenvalue weighted by molar-refractivity contribution is 0.0920. The van der Waals surface area contributed by atoms with E-state index in [-0.39, 0.29) is 0 Å². The van der Waals surface area contributed by atoms with E-state index >= 15 is 0 Å². The molecular formula is C12H17ClO. The van der Waals surface area contributed by atoms with E-state index in [9.17, 15) is 0 Å². The minimum absolute atomic E-state index is 0.486. The normalized spacial score (nSPS) is 12.7. The molecule has 1 aromatic rings. The molecule has 0 aromatic heterocycles. The third-order valence-electron chi connectivity index (χ3n) is 2.26. The fourth-order valence-corrected chi connectivity index (χ4v) is 1.50. The molecule has 1 atom stereocenters. The average molecular weight is 213 g/mol. The van der Waals surface area contributed by atoms with Crippen molar-refractivity contribution in [3.05, 3.63) is 35.9 Å². The summed E-state index contributed by atoms with van der Waals surface area (Å²) in [6.07, 6.45) is 1.08. The number of halogens is 1. The minimum Gasteiger partial charge on any atom is -0.376 e. The summed E-state index contributed by atoms with van der Waals surface area (Å²) in [4.78, 5) is 0. The Kier molecular flexibility index (Phi) is 5.65. The first-order valence-corrected chi connectivity index (χ1v) is 5.58. The summed E-state index contributed by atoms with van der Waals surface area (Å²) < 4.78 is 5.58. The maximum absolute atomic E-state index is 5.77. The van der Waals surface area contributed by atoms with E-state index in [2.05, 4.69) is 19.1 Å². The quantitative estimate of drug-likeness (QED) is 0.657. The fourth-order valence-electron chi connectivity index (χ4n) is 1.19. The van der Waals surface area contributed by atoms with Crippen LogP contribution in [0.15, 0.2) is 30.3 Å². The van der Waals surface area contributed by atoms with Crippen LogP contribution in [0.5, 0.6) is 0 Å². The average Bonchev–Trinajstić information content (AvgIpc) is 2.26. The molecule has 0 aliphatic heterocycles. The van der Waals surface area contributed by atoms with Gasteiger partial charge in [0, 0.05) is 5.88 Å². The SMILES string of the molecule is CCC(CCl)COCc1ccccc1. The van der Waals surface area contributed by atoms with E-state index in [0.717, 1.165) is 13.0 Å². The molecule has 1 unspecified atom stereocenters. The number of rotatable bonds is 6. The van der Waals surface area contributed by atoms with Gasteiger partial charge in [-0.15, -0.1) is 11.6 Å². The molecule has 0 saturated heterocycles. The predicted octanol–water partition coefficient (Wildman–Crippen LogP) is 3.47. The molecule has 0 N–H and O–H groups in total. The Morgan fingerprint density at radius 1 is 1.29 bits per heavy atom. The highest BCUT2D eigenvalue weighted by atomic mass is 35.5. The first-order valence-electron chi connectivity index (χ1n) is 5.04. The smallest absolute Gasteiger partial charge is 0.0717 e. The highest BCUT2D eigenvalue weighted by molar-refractivity contribution is 6.18. The van der Waals surface area contributed by atoms with E-state index in [1.165, 1.54) is 5.56 Å². The lowest BCUT2D eigenvalue weighted by Gasteiger charge is -2.11. The van der Waals surface area contributed by atoms with Crippen LogP contribution in [0.25, 0.3) is 0 Å². The third kappa shape index (κ3) is 4.12. The number of hydrogen-bond acceptors (Lipinski definition) is 1. The highest BCUT2D eigenvalue weighted by Crippen LogP contribution is 2.07. The van der Waals surface area contributed by atoms with Crippen molar-refractivity contribution in [2.45, 2.75) is 20.0 Å². The Bertz CT molecular complexity index is 231. The Hall–Kier alpha value is -0.530. The lowest BCUT2D eigenvalue weighted by atomic mass is 10.1. The van der Waals surface area contributed by atoms with Crippen LogP contribution in [0.2, 0.25) is 0 Å². The lowest BCUT2D eigenvalue weighted by Crippen LogP contribution is -2.10. The molecule has 0 fully saturated rings. The Morgan fingerprint density at radius 2 is 2.00 bits per heavy atom. The van der Waals surface area contributed by atoms with Gasteiger partial charge in [0.05, 0.1) is 13.2 Å². The van der Waals surface area contributed by atoms with E-state index < -0.39 is 0 Å². The molecule has 0 spiro atoms. The van der Waals surface area contributed by atoms with Crippen molar-refractivity contribution in [3.8, 4) is 0 Å². The van der Waals surface area contributed by atoms with Crippen LogP contribution in [0.1, 0.15) is 18.9 Å². The highest BCUT2D eigenvalue weighted by Gasteiger charge is 2.03. The zero-order valence-electron chi connectivity index (χ0n) is 8.58. The molecule has 1 rings (SSSR count). The molecule has 1 nitrogen and oxygen atoms in total. The molecule has 0 aliphatic rings. The Balaban J connectivity index is 2.21. The summed E-state index contributed by atoms with van der Waals surface area (Å²) in [5, 5.41) is 0. The van der Waals surface area contributed by atoms with E-state index in [0.29, 0.717) is 18.4 Å². The first kappa shape index (κ1) is 11.5. The van der Waals surface area contributed by atoms with Crippen molar-refractivity contribution < 1.29 is 4.74 Å². The van der Waals surface area contributed by atoms with Gasteiger partial charge in [-0.25, -0.2) is 0 Å². The standard InChI is InChI=1S/C12H17ClO/c1-2-11(8-13)9-14-10-12-6-4-3-5-7-12/h3-7,11H,2,8-10H2,1H3. The minimum atomic E-state index is 0.486. The first-order chi connectivity index (χ1) is 6.86. The fraction of sp³-hybridized carbons (Fsp3) is 0.500. The second kappa shape index (κ2) is 6.86. The van der Waals surface area contributed by atoms with Crippen molar-refractivity contribution in [1.82, 2.24) is 0 Å². The van der Waals surface area contributed by atoms with Crippen molar-refractivity contribution in [2.24, 2.45) is 5.92 Å². The largest absolute Gasteiger partial charge is 0.376 e. The Labute approximate surface area is 91.0 Å². The molecule has 0 bridgehead atoms. The maximum atomic E-state index is 5.77. The zero-order valence-corrected chi connectivity index (χ0v) is 9.33. The van der Waals surface area contributed by atoms with Crippen LogP contribution in [-0.2, 0) is 11.3 Å². The van der Waals surface area contributed by atoms with Gasteiger partial charge in [-0.1, -0.05) is 37.3 Å². The molecule has 0 aliphatic carbocycles. The molecule has 14 heavy (non-hydrogen) atoms. The third-order valence-corrected chi connectivity index (χ3v) is 2.70. The molecule has 2 heteroatoms. The van der Waals surface area contributed by atoms with Crippen LogP contribution in [-0.4, -0.2) is 12.5 Å². The number of hydrogen-bond donors (Lipinski definition) is 0. The summed E-state index contributed by atoms with van der Waals surface area (Å²) in [5.74, 6) is 1.17. The van der Waals surface area contributed by atoms with E-state index in [4.69, 9.17) is 16.3 Å². The van der Waals surface area contributed by atoms with Gasteiger partial charge in [-0.2, -0.15) is 0 Å². The monoisotopic (exact) mass is 212 g/mol. The summed E-state index contributed by atoms with van der Waals surface area (Å²) in [5.41, 5.74) is 1.22. The van der Waals surface area contributed by atoms with Crippen LogP contribution in [0.4, 0.5) is 0 Å². The van der Waals surface area contributed by atoms with Crippen LogP contribution in [0.3, 0.4) is 0 Å². The second-order valence-corrected chi connectivity index (χ2v) is 3.74.